The number of carbonyl (C=O) groups excluding carboxylic acids is 2. The van der Waals surface area contributed by atoms with Crippen molar-refractivity contribution in [2.24, 2.45) is 7.05 Å². The Bertz CT molecular complexity index is 3260. The van der Waals surface area contributed by atoms with Gasteiger partial charge in [-0.15, -0.1) is 0 Å². The van der Waals surface area contributed by atoms with Crippen molar-refractivity contribution in [3.8, 4) is 17.2 Å². The van der Waals surface area contributed by atoms with Crippen LogP contribution in [0.2, 0.25) is 0 Å². The number of aromatic amines is 1. The van der Waals surface area contributed by atoms with Crippen molar-refractivity contribution >= 4 is 33.6 Å². The van der Waals surface area contributed by atoms with Crippen molar-refractivity contribution in [3.05, 3.63) is 139 Å². The molecule has 5 aromatic heterocycles. The fourth-order valence-corrected chi connectivity index (χ4v) is 9.07. The molecule has 0 bridgehead atoms. The van der Waals surface area contributed by atoms with E-state index in [1.165, 1.54) is 43.0 Å². The van der Waals surface area contributed by atoms with Gasteiger partial charge in [0, 0.05) is 50.0 Å². The Morgan fingerprint density at radius 2 is 1.69 bits per heavy atom. The fraction of sp³-hybridized carbons (Fsp3) is 0.295. The molecule has 1 amide bonds. The summed E-state index contributed by atoms with van der Waals surface area (Å²) in [5.74, 6) is -3.13. The summed E-state index contributed by atoms with van der Waals surface area (Å²) in [7, 11) is 1.70. The van der Waals surface area contributed by atoms with E-state index in [-0.39, 0.29) is 65.3 Å². The van der Waals surface area contributed by atoms with E-state index in [0.717, 1.165) is 18.4 Å². The van der Waals surface area contributed by atoms with Crippen LogP contribution in [0.5, 0.6) is 0 Å². The predicted molar refractivity (Wildman–Crippen MR) is 221 cm³/mol. The molecule has 0 saturated carbocycles. The van der Waals surface area contributed by atoms with Crippen LogP contribution in [0.25, 0.3) is 39.0 Å². The maximum Gasteiger partial charge on any atom is 0.439 e. The molecule has 1 fully saturated rings. The Morgan fingerprint density at radius 3 is 2.44 bits per heavy atom. The van der Waals surface area contributed by atoms with Crippen molar-refractivity contribution in [2.75, 3.05) is 13.2 Å². The number of nitrogens with one attached hydrogen (secondary N) is 1. The van der Waals surface area contributed by atoms with E-state index in [1.807, 2.05) is 12.1 Å². The van der Waals surface area contributed by atoms with Crippen LogP contribution in [0.15, 0.2) is 81.2 Å². The molecule has 1 atom stereocenters. The smallest absolute Gasteiger partial charge is 0.376 e. The summed E-state index contributed by atoms with van der Waals surface area (Å²) in [4.78, 5) is 59.3. The minimum absolute atomic E-state index is 0.00843. The Labute approximate surface area is 350 Å². The molecule has 10 rings (SSSR count). The molecule has 18 heteroatoms. The molecule has 316 valence electrons. The van der Waals surface area contributed by atoms with Crippen LogP contribution in [-0.2, 0) is 24.8 Å². The molecular weight excluding hydrogens is 803 g/mol. The number of carbonyl (C=O) groups is 2. The monoisotopic (exact) mass is 842 g/mol. The topological polar surface area (TPSA) is 173 Å². The van der Waals surface area contributed by atoms with Gasteiger partial charge in [-0.2, -0.15) is 10.2 Å². The zero-order chi connectivity index (χ0) is 43.4. The van der Waals surface area contributed by atoms with E-state index in [2.05, 4.69) is 33.6 Å². The predicted octanol–water partition coefficient (Wildman–Crippen LogP) is 5.79. The molecule has 8 aromatic rings. The lowest BCUT2D eigenvalue weighted by atomic mass is 9.83. The highest BCUT2D eigenvalue weighted by atomic mass is 19.1. The van der Waals surface area contributed by atoms with Crippen LogP contribution in [-0.4, -0.2) is 78.9 Å². The first-order valence-electron chi connectivity index (χ1n) is 20.2. The van der Waals surface area contributed by atoms with Gasteiger partial charge in [0.25, 0.3) is 5.91 Å². The number of rotatable bonds is 6. The molecule has 0 aliphatic carbocycles. The number of aromatic nitrogens is 9. The van der Waals surface area contributed by atoms with Gasteiger partial charge in [0.2, 0.25) is 5.82 Å². The first-order valence-corrected chi connectivity index (χ1v) is 20.2. The lowest BCUT2D eigenvalue weighted by Gasteiger charge is -2.35. The third-order valence-electron chi connectivity index (χ3n) is 12.1. The second-order valence-corrected chi connectivity index (χ2v) is 16.7. The number of imidazole rings is 1. The molecule has 7 heterocycles. The molecule has 1 saturated heterocycles. The van der Waals surface area contributed by atoms with Gasteiger partial charge >= 0.3 is 17.4 Å². The minimum Gasteiger partial charge on any atom is -0.376 e. The zero-order valence-electron chi connectivity index (χ0n) is 34.4. The number of hydrogen-bond acceptors (Lipinski definition) is 9. The van der Waals surface area contributed by atoms with Crippen LogP contribution < -0.4 is 11.4 Å². The third-order valence-corrected chi connectivity index (χ3v) is 12.1. The highest BCUT2D eigenvalue weighted by molar-refractivity contribution is 6.08. The molecule has 0 radical (unpaired) electrons. The van der Waals surface area contributed by atoms with Crippen LogP contribution >= 0.6 is 0 Å². The summed E-state index contributed by atoms with van der Waals surface area (Å²) in [5.41, 5.74) is 3.42. The van der Waals surface area contributed by atoms with Crippen LogP contribution in [0.3, 0.4) is 0 Å². The van der Waals surface area contributed by atoms with Crippen molar-refractivity contribution in [2.45, 2.75) is 65.0 Å². The molecule has 16 nitrogen and oxygen atoms in total. The molecule has 3 aromatic carbocycles. The van der Waals surface area contributed by atoms with Crippen molar-refractivity contribution in [3.63, 3.8) is 0 Å². The summed E-state index contributed by atoms with van der Waals surface area (Å²) >= 11 is 0. The summed E-state index contributed by atoms with van der Waals surface area (Å²) in [5, 5.41) is 13.6. The number of H-pyrrole nitrogens is 1. The highest BCUT2D eigenvalue weighted by Gasteiger charge is 2.35. The molecule has 62 heavy (non-hydrogen) atoms. The first-order chi connectivity index (χ1) is 29.7. The van der Waals surface area contributed by atoms with Crippen LogP contribution in [0, 0.1) is 25.5 Å². The van der Waals surface area contributed by atoms with E-state index < -0.39 is 29.1 Å². The Hall–Kier alpha value is -7.21. The number of ether oxygens (including phenoxy) is 1. The van der Waals surface area contributed by atoms with Gasteiger partial charge < -0.3 is 9.64 Å². The van der Waals surface area contributed by atoms with Gasteiger partial charge in [0.1, 0.15) is 17.3 Å². The van der Waals surface area contributed by atoms with E-state index in [1.54, 1.807) is 60.8 Å². The first kappa shape index (κ1) is 39.0. The lowest BCUT2D eigenvalue weighted by Crippen LogP contribution is -2.38. The number of hydrogen-bond donors (Lipinski definition) is 1. The minimum atomic E-state index is -0.925. The number of halogens is 2. The van der Waals surface area contributed by atoms with Crippen molar-refractivity contribution in [1.29, 1.82) is 0 Å². The average Bonchev–Trinajstić information content (AvgIpc) is 4.09. The molecule has 1 N–H and O–H groups in total. The molecule has 2 aliphatic heterocycles. The largest absolute Gasteiger partial charge is 0.439 e. The number of nitrogens with zero attached hydrogens (tertiary/aromatic N) is 9. The Kier molecular flexibility index (Phi) is 8.91. The zero-order valence-corrected chi connectivity index (χ0v) is 34.4. The Morgan fingerprint density at radius 1 is 0.935 bits per heavy atom. The van der Waals surface area contributed by atoms with E-state index in [0.29, 0.717) is 51.1 Å². The SMILES string of the molecule is Cc1cc(-n2nc3c(c2-n2ccn(-c4ccc5c(cnn5C)c4F)c2=O)CN(C(=O)c2cc4cc([C@H]5CCOC(C)(C)C5)ccc4n2C(=O)c2noc(=O)[nH]2)CC3)cc(C)c1F. The summed E-state index contributed by atoms with van der Waals surface area (Å²) in [6, 6.07) is 13.8. The number of amides is 1. The number of fused-ring (bicyclic) bond motifs is 3. The summed E-state index contributed by atoms with van der Waals surface area (Å²) in [6.45, 7) is 8.12. The van der Waals surface area contributed by atoms with Gasteiger partial charge in [0.05, 0.1) is 51.8 Å². The maximum absolute atomic E-state index is 16.0. The van der Waals surface area contributed by atoms with Gasteiger partial charge in [-0.3, -0.25) is 37.5 Å². The number of benzene rings is 3. The normalized spacial score (nSPS) is 16.4. The molecule has 0 spiro atoms. The standard InChI is InChI=1S/C44H40F2N10O6/c1-23-16-28(17-24(2)36(23)45)56-39(54-14-13-53(43(54)60)34-9-8-33-29(37(34)46)21-47-51(33)5)30-22-52(12-10-31(30)49-56)40(57)35-19-27-18-25(26-11-15-61-44(3,4)20-26)6-7-32(27)55(35)41(58)38-48-42(59)62-50-38/h6-9,13-14,16-19,21,26H,10-12,15,20,22H2,1-5H3,(H,48,50,59)/t26-/m0/s1. The fourth-order valence-electron chi connectivity index (χ4n) is 9.07. The number of aryl methyl sites for hydroxylation is 3. The van der Waals surface area contributed by atoms with E-state index >= 15 is 4.39 Å². The second kappa shape index (κ2) is 14.2. The van der Waals surface area contributed by atoms with Crippen LogP contribution in [0.4, 0.5) is 8.78 Å². The second-order valence-electron chi connectivity index (χ2n) is 16.7. The maximum atomic E-state index is 16.0. The van der Waals surface area contributed by atoms with Gasteiger partial charge in [0.15, 0.2) is 5.82 Å². The van der Waals surface area contributed by atoms with Gasteiger partial charge in [-0.25, -0.2) is 23.1 Å². The average molecular weight is 843 g/mol. The Balaban J connectivity index is 1.09. The van der Waals surface area contributed by atoms with Gasteiger partial charge in [-0.05, 0) is 111 Å². The van der Waals surface area contributed by atoms with Crippen molar-refractivity contribution in [1.82, 2.24) is 48.3 Å². The van der Waals surface area contributed by atoms with Crippen LogP contribution in [0.1, 0.15) is 81.7 Å². The third kappa shape index (κ3) is 6.23. The van der Waals surface area contributed by atoms with Crippen molar-refractivity contribution < 1.29 is 27.6 Å². The van der Waals surface area contributed by atoms with E-state index in [4.69, 9.17) is 9.84 Å². The summed E-state index contributed by atoms with van der Waals surface area (Å²) in [6.07, 6.45) is 6.21. The van der Waals surface area contributed by atoms with Gasteiger partial charge in [-0.1, -0.05) is 6.07 Å². The molecule has 2 aliphatic rings. The molecular formula is C44H40F2N10O6. The molecule has 0 unspecified atom stereocenters. The lowest BCUT2D eigenvalue weighted by molar-refractivity contribution is -0.0592. The highest BCUT2D eigenvalue weighted by Crippen LogP contribution is 2.38. The van der Waals surface area contributed by atoms with E-state index in [9.17, 15) is 23.6 Å². The summed E-state index contributed by atoms with van der Waals surface area (Å²) < 4.78 is 48.4. The quantitative estimate of drug-likeness (QED) is 0.218.